The van der Waals surface area contributed by atoms with Gasteiger partial charge in [-0.05, 0) is 28.6 Å². The van der Waals surface area contributed by atoms with E-state index in [1.54, 1.807) is 12.1 Å². The fraction of sp³-hybridized carbons (Fsp3) is 0. The van der Waals surface area contributed by atoms with Crippen molar-refractivity contribution in [3.63, 3.8) is 0 Å². The zero-order valence-corrected chi connectivity index (χ0v) is 10.4. The van der Waals surface area contributed by atoms with Gasteiger partial charge in [-0.1, -0.05) is 0 Å². The Hall–Kier alpha value is -3.72. The number of aromatic carboxylic acids is 1. The molecule has 2 N–H and O–H groups in total. The van der Waals surface area contributed by atoms with Crippen LogP contribution in [0.2, 0.25) is 0 Å². The fourth-order valence-electron chi connectivity index (χ4n) is 1.50. The Bertz CT molecular complexity index is 765. The summed E-state index contributed by atoms with van der Waals surface area (Å²) < 4.78 is 1.34. The van der Waals surface area contributed by atoms with Crippen LogP contribution in [-0.2, 0) is 0 Å². The molecule has 0 amide bonds. The number of nitrogens with one attached hydrogen (secondary N) is 1. The number of anilines is 1. The Labute approximate surface area is 118 Å². The van der Waals surface area contributed by atoms with Crippen molar-refractivity contribution in [1.29, 1.82) is 10.5 Å². The second kappa shape index (κ2) is 5.95. The van der Waals surface area contributed by atoms with Gasteiger partial charge in [0.15, 0.2) is 0 Å². The number of nitrogens with zero attached hydrogens (tertiary/aromatic N) is 6. The summed E-state index contributed by atoms with van der Waals surface area (Å²) in [4.78, 5) is 11.2. The van der Waals surface area contributed by atoms with Crippen molar-refractivity contribution in [1.82, 2.24) is 20.2 Å². The van der Waals surface area contributed by atoms with E-state index < -0.39 is 5.97 Å². The normalized spacial score (nSPS) is 9.24. The van der Waals surface area contributed by atoms with Crippen LogP contribution in [0, 0.1) is 22.7 Å². The molecule has 2 aromatic rings. The molecule has 21 heavy (non-hydrogen) atoms. The SMILES string of the molecule is N#CC(C#N)=CNc1cc(-n2cnnn2)ccc1C(=O)O. The van der Waals surface area contributed by atoms with Gasteiger partial charge in [0.2, 0.25) is 0 Å². The summed E-state index contributed by atoms with van der Waals surface area (Å²) in [6.45, 7) is 0. The van der Waals surface area contributed by atoms with E-state index in [-0.39, 0.29) is 16.8 Å². The average molecular weight is 281 g/mol. The molecule has 0 spiro atoms. The van der Waals surface area contributed by atoms with Gasteiger partial charge in [0.1, 0.15) is 24.0 Å². The van der Waals surface area contributed by atoms with Crippen molar-refractivity contribution in [2.75, 3.05) is 5.32 Å². The number of carboxylic acids is 1. The van der Waals surface area contributed by atoms with Crippen LogP contribution >= 0.6 is 0 Å². The molecule has 9 heteroatoms. The molecule has 0 aliphatic rings. The van der Waals surface area contributed by atoms with E-state index in [1.165, 1.54) is 29.2 Å². The largest absolute Gasteiger partial charge is 0.478 e. The second-order valence-electron chi connectivity index (χ2n) is 3.72. The quantitative estimate of drug-likeness (QED) is 0.780. The zero-order chi connectivity index (χ0) is 15.2. The van der Waals surface area contributed by atoms with Gasteiger partial charge in [-0.25, -0.2) is 9.48 Å². The number of hydrogen-bond acceptors (Lipinski definition) is 7. The molecule has 0 aliphatic carbocycles. The number of hydrogen-bond donors (Lipinski definition) is 2. The molecule has 0 bridgehead atoms. The lowest BCUT2D eigenvalue weighted by molar-refractivity contribution is 0.0698. The van der Waals surface area contributed by atoms with Crippen LogP contribution in [0.1, 0.15) is 10.4 Å². The summed E-state index contributed by atoms with van der Waals surface area (Å²) >= 11 is 0. The number of rotatable bonds is 4. The molecule has 1 heterocycles. The fourth-order valence-corrected chi connectivity index (χ4v) is 1.50. The number of aromatic nitrogens is 4. The maximum atomic E-state index is 11.2. The lowest BCUT2D eigenvalue weighted by atomic mass is 10.1. The predicted octanol–water partition coefficient (Wildman–Crippen LogP) is 0.703. The molecule has 0 fully saturated rings. The van der Waals surface area contributed by atoms with Crippen molar-refractivity contribution >= 4 is 11.7 Å². The monoisotopic (exact) mass is 281 g/mol. The highest BCUT2D eigenvalue weighted by Gasteiger charge is 2.11. The van der Waals surface area contributed by atoms with E-state index in [0.717, 1.165) is 6.20 Å². The maximum Gasteiger partial charge on any atom is 0.337 e. The van der Waals surface area contributed by atoms with Crippen LogP contribution in [0.15, 0.2) is 36.3 Å². The molecule has 0 atom stereocenters. The number of tetrazole rings is 1. The molecule has 1 aromatic heterocycles. The molecule has 1 aromatic carbocycles. The van der Waals surface area contributed by atoms with Gasteiger partial charge < -0.3 is 10.4 Å². The van der Waals surface area contributed by atoms with Crippen molar-refractivity contribution in [3.05, 3.63) is 41.9 Å². The van der Waals surface area contributed by atoms with Crippen LogP contribution < -0.4 is 5.32 Å². The van der Waals surface area contributed by atoms with E-state index in [2.05, 4.69) is 20.8 Å². The first-order valence-electron chi connectivity index (χ1n) is 5.53. The van der Waals surface area contributed by atoms with Gasteiger partial charge in [0, 0.05) is 6.20 Å². The highest BCUT2D eigenvalue weighted by Crippen LogP contribution is 2.20. The van der Waals surface area contributed by atoms with Crippen molar-refractivity contribution in [2.24, 2.45) is 0 Å². The average Bonchev–Trinajstić information content (AvgIpc) is 3.02. The molecule has 2 rings (SSSR count). The molecule has 0 unspecified atom stereocenters. The van der Waals surface area contributed by atoms with E-state index in [0.29, 0.717) is 5.69 Å². The van der Waals surface area contributed by atoms with Gasteiger partial charge >= 0.3 is 5.97 Å². The number of carboxylic acid groups (broad SMARTS) is 1. The summed E-state index contributed by atoms with van der Waals surface area (Å²) in [5.74, 6) is -1.15. The van der Waals surface area contributed by atoms with Crippen LogP contribution in [0.5, 0.6) is 0 Å². The maximum absolute atomic E-state index is 11.2. The van der Waals surface area contributed by atoms with Gasteiger partial charge in [-0.2, -0.15) is 10.5 Å². The molecular formula is C12H7N7O2. The lowest BCUT2D eigenvalue weighted by Crippen LogP contribution is -2.05. The van der Waals surface area contributed by atoms with Gasteiger partial charge in [-0.3, -0.25) is 0 Å². The smallest absolute Gasteiger partial charge is 0.337 e. The summed E-state index contributed by atoms with van der Waals surface area (Å²) in [5, 5.41) is 39.7. The highest BCUT2D eigenvalue weighted by molar-refractivity contribution is 5.95. The first kappa shape index (κ1) is 13.7. The van der Waals surface area contributed by atoms with Crippen LogP contribution in [0.4, 0.5) is 5.69 Å². The highest BCUT2D eigenvalue weighted by atomic mass is 16.4. The molecule has 0 saturated heterocycles. The Balaban J connectivity index is 2.44. The first-order chi connectivity index (χ1) is 10.2. The molecule has 0 saturated carbocycles. The Kier molecular flexibility index (Phi) is 3.88. The van der Waals surface area contributed by atoms with Crippen LogP contribution in [0.3, 0.4) is 0 Å². The van der Waals surface area contributed by atoms with E-state index in [4.69, 9.17) is 15.6 Å². The van der Waals surface area contributed by atoms with E-state index >= 15 is 0 Å². The molecule has 0 aliphatic heterocycles. The summed E-state index contributed by atoms with van der Waals surface area (Å²) in [5.41, 5.74) is 0.535. The van der Waals surface area contributed by atoms with E-state index in [1.807, 2.05) is 0 Å². The third-order valence-corrected chi connectivity index (χ3v) is 2.46. The predicted molar refractivity (Wildman–Crippen MR) is 69.0 cm³/mol. The second-order valence-corrected chi connectivity index (χ2v) is 3.72. The van der Waals surface area contributed by atoms with Gasteiger partial charge in [-0.15, -0.1) is 5.10 Å². The molecule has 102 valence electrons. The minimum absolute atomic E-state index is 0.0155. The number of benzene rings is 1. The third-order valence-electron chi connectivity index (χ3n) is 2.46. The molecule has 0 radical (unpaired) electrons. The number of nitriles is 2. The summed E-state index contributed by atoms with van der Waals surface area (Å²) in [6, 6.07) is 7.72. The summed E-state index contributed by atoms with van der Waals surface area (Å²) in [6.07, 6.45) is 2.48. The Morgan fingerprint density at radius 2 is 2.14 bits per heavy atom. The van der Waals surface area contributed by atoms with Crippen LogP contribution in [0.25, 0.3) is 5.69 Å². The van der Waals surface area contributed by atoms with Crippen LogP contribution in [-0.4, -0.2) is 31.3 Å². The summed E-state index contributed by atoms with van der Waals surface area (Å²) in [7, 11) is 0. The number of carbonyl (C=O) groups is 1. The standard InChI is InChI=1S/C12H7N7O2/c13-4-8(5-14)6-15-11-3-9(19-7-16-17-18-19)1-2-10(11)12(20)21/h1-3,6-7,15H,(H,20,21). The molecule has 9 nitrogen and oxygen atoms in total. The minimum Gasteiger partial charge on any atom is -0.478 e. The topological polar surface area (TPSA) is 141 Å². The van der Waals surface area contributed by atoms with Crippen molar-refractivity contribution in [3.8, 4) is 17.8 Å². The number of allylic oxidation sites excluding steroid dienone is 1. The van der Waals surface area contributed by atoms with Gasteiger partial charge in [0.05, 0.1) is 16.9 Å². The minimum atomic E-state index is -1.15. The van der Waals surface area contributed by atoms with Crippen molar-refractivity contribution in [2.45, 2.75) is 0 Å². The van der Waals surface area contributed by atoms with E-state index in [9.17, 15) is 4.79 Å². The first-order valence-corrected chi connectivity index (χ1v) is 5.53. The zero-order valence-electron chi connectivity index (χ0n) is 10.4. The van der Waals surface area contributed by atoms with Gasteiger partial charge in [0.25, 0.3) is 0 Å². The third kappa shape index (κ3) is 3.00. The Morgan fingerprint density at radius 1 is 1.38 bits per heavy atom. The Morgan fingerprint density at radius 3 is 2.71 bits per heavy atom. The lowest BCUT2D eigenvalue weighted by Gasteiger charge is -2.08. The van der Waals surface area contributed by atoms with Crippen molar-refractivity contribution < 1.29 is 9.90 Å². The molecular weight excluding hydrogens is 274 g/mol.